The van der Waals surface area contributed by atoms with Gasteiger partial charge in [-0.1, -0.05) is 23.2 Å². The van der Waals surface area contributed by atoms with Crippen LogP contribution in [0.5, 0.6) is 0 Å². The Hall–Kier alpha value is -0.810. The van der Waals surface area contributed by atoms with Gasteiger partial charge in [0.05, 0.1) is 18.6 Å². The van der Waals surface area contributed by atoms with Gasteiger partial charge in [0.1, 0.15) is 0 Å². The number of hydrogen-bond acceptors (Lipinski definition) is 3. The number of ether oxygens (including phenoxy) is 1. The van der Waals surface area contributed by atoms with Crippen LogP contribution in [0.3, 0.4) is 0 Å². The first-order valence-corrected chi connectivity index (χ1v) is 7.12. The number of amides is 1. The minimum atomic E-state index is -0.670. The van der Waals surface area contributed by atoms with Crippen LogP contribution in [0, 0.1) is 5.41 Å². The summed E-state index contributed by atoms with van der Waals surface area (Å²) in [6, 6.07) is 4.98. The van der Waals surface area contributed by atoms with Crippen molar-refractivity contribution in [3.63, 3.8) is 0 Å². The van der Waals surface area contributed by atoms with E-state index in [2.05, 4.69) is 0 Å². The maximum absolute atomic E-state index is 12.6. The van der Waals surface area contributed by atoms with Crippen LogP contribution in [0.15, 0.2) is 18.2 Å². The third kappa shape index (κ3) is 3.09. The summed E-state index contributed by atoms with van der Waals surface area (Å²) in [5.74, 6) is -0.0291. The van der Waals surface area contributed by atoms with Crippen molar-refractivity contribution in [2.75, 3.05) is 20.3 Å². The predicted molar refractivity (Wildman–Crippen MR) is 79.8 cm³/mol. The molecule has 2 rings (SSSR count). The van der Waals surface area contributed by atoms with Gasteiger partial charge in [0.2, 0.25) is 5.91 Å². The number of nitrogens with two attached hydrogens (primary N) is 1. The fraction of sp³-hybridized carbons (Fsp3) is 0.500. The fourth-order valence-electron chi connectivity index (χ4n) is 2.39. The van der Waals surface area contributed by atoms with Crippen molar-refractivity contribution >= 4 is 29.1 Å². The SMILES string of the molecule is CN(Cc1cc(Cl)cc(Cl)c1)C(=O)C1(C)COCC1N. The summed E-state index contributed by atoms with van der Waals surface area (Å²) in [6.45, 7) is 3.04. The molecule has 0 aliphatic carbocycles. The number of hydrogen-bond donors (Lipinski definition) is 1. The zero-order valence-electron chi connectivity index (χ0n) is 11.5. The molecule has 2 unspecified atom stereocenters. The average molecular weight is 317 g/mol. The van der Waals surface area contributed by atoms with Crippen LogP contribution in [-0.4, -0.2) is 37.1 Å². The van der Waals surface area contributed by atoms with Crippen molar-refractivity contribution in [2.24, 2.45) is 11.1 Å². The Bertz CT molecular complexity index is 504. The van der Waals surface area contributed by atoms with Gasteiger partial charge in [-0.25, -0.2) is 0 Å². The van der Waals surface area contributed by atoms with Gasteiger partial charge >= 0.3 is 0 Å². The Morgan fingerprint density at radius 2 is 2.05 bits per heavy atom. The van der Waals surface area contributed by atoms with Crippen LogP contribution < -0.4 is 5.73 Å². The zero-order valence-corrected chi connectivity index (χ0v) is 13.0. The molecule has 1 aliphatic heterocycles. The van der Waals surface area contributed by atoms with Crippen molar-refractivity contribution in [3.8, 4) is 0 Å². The molecule has 0 radical (unpaired) electrons. The lowest BCUT2D eigenvalue weighted by Gasteiger charge is -2.31. The summed E-state index contributed by atoms with van der Waals surface area (Å²) < 4.78 is 5.32. The molecule has 6 heteroatoms. The highest BCUT2D eigenvalue weighted by atomic mass is 35.5. The molecular weight excluding hydrogens is 299 g/mol. The standard InChI is InChI=1S/C14H18Cl2N2O2/c1-14(8-20-7-12(14)17)13(19)18(2)6-9-3-10(15)5-11(16)4-9/h3-5,12H,6-8,17H2,1-2H3. The normalized spacial score (nSPS) is 25.8. The lowest BCUT2D eigenvalue weighted by atomic mass is 9.84. The summed E-state index contributed by atoms with van der Waals surface area (Å²) in [5.41, 5.74) is 6.19. The Labute approximate surface area is 128 Å². The molecular formula is C14H18Cl2N2O2. The maximum atomic E-state index is 12.6. The van der Waals surface area contributed by atoms with E-state index in [0.29, 0.717) is 29.8 Å². The summed E-state index contributed by atoms with van der Waals surface area (Å²) in [5, 5.41) is 1.11. The molecule has 110 valence electrons. The number of carbonyl (C=O) groups is 1. The highest BCUT2D eigenvalue weighted by Crippen LogP contribution is 2.30. The van der Waals surface area contributed by atoms with E-state index in [9.17, 15) is 4.79 Å². The quantitative estimate of drug-likeness (QED) is 0.931. The smallest absolute Gasteiger partial charge is 0.232 e. The van der Waals surface area contributed by atoms with Gasteiger partial charge in [-0.15, -0.1) is 0 Å². The van der Waals surface area contributed by atoms with Crippen molar-refractivity contribution in [3.05, 3.63) is 33.8 Å². The van der Waals surface area contributed by atoms with E-state index >= 15 is 0 Å². The van der Waals surface area contributed by atoms with Crippen LogP contribution in [-0.2, 0) is 16.1 Å². The topological polar surface area (TPSA) is 55.6 Å². The number of rotatable bonds is 3. The van der Waals surface area contributed by atoms with Gasteiger partial charge in [0.25, 0.3) is 0 Å². The first-order chi connectivity index (χ1) is 9.33. The van der Waals surface area contributed by atoms with Crippen molar-refractivity contribution in [1.82, 2.24) is 4.90 Å². The third-order valence-corrected chi connectivity index (χ3v) is 4.13. The molecule has 1 amide bonds. The highest BCUT2D eigenvalue weighted by molar-refractivity contribution is 6.34. The van der Waals surface area contributed by atoms with Crippen molar-refractivity contribution < 1.29 is 9.53 Å². The highest BCUT2D eigenvalue weighted by Gasteiger charge is 2.45. The van der Waals surface area contributed by atoms with Gasteiger partial charge in [-0.05, 0) is 30.7 Å². The van der Waals surface area contributed by atoms with Crippen LogP contribution >= 0.6 is 23.2 Å². The number of benzene rings is 1. The van der Waals surface area contributed by atoms with Crippen molar-refractivity contribution in [1.29, 1.82) is 0 Å². The second-order valence-corrected chi connectivity index (χ2v) is 6.35. The van der Waals surface area contributed by atoms with Crippen LogP contribution in [0.2, 0.25) is 10.0 Å². The van der Waals surface area contributed by atoms with E-state index in [-0.39, 0.29) is 11.9 Å². The van der Waals surface area contributed by atoms with E-state index in [1.807, 2.05) is 6.92 Å². The van der Waals surface area contributed by atoms with Gasteiger partial charge in [0.15, 0.2) is 0 Å². The summed E-state index contributed by atoms with van der Waals surface area (Å²) in [6.07, 6.45) is 0. The molecule has 1 aromatic carbocycles. The maximum Gasteiger partial charge on any atom is 0.232 e. The molecule has 4 nitrogen and oxygen atoms in total. The molecule has 1 aliphatic rings. The Morgan fingerprint density at radius 1 is 1.45 bits per heavy atom. The molecule has 2 N–H and O–H groups in total. The molecule has 0 bridgehead atoms. The van der Waals surface area contributed by atoms with Gasteiger partial charge in [-0.2, -0.15) is 0 Å². The lowest BCUT2D eigenvalue weighted by Crippen LogP contribution is -2.50. The molecule has 1 fully saturated rings. The summed E-state index contributed by atoms with van der Waals surface area (Å²) >= 11 is 11.9. The number of nitrogens with zero attached hydrogens (tertiary/aromatic N) is 1. The first-order valence-electron chi connectivity index (χ1n) is 6.37. The average Bonchev–Trinajstić information content (AvgIpc) is 2.68. The van der Waals surface area contributed by atoms with E-state index in [1.54, 1.807) is 30.1 Å². The van der Waals surface area contributed by atoms with Gasteiger partial charge < -0.3 is 15.4 Å². The number of carbonyl (C=O) groups excluding carboxylic acids is 1. The van der Waals surface area contributed by atoms with E-state index in [4.69, 9.17) is 33.7 Å². The Kier molecular flexibility index (Phi) is 4.59. The molecule has 1 aromatic rings. The largest absolute Gasteiger partial charge is 0.379 e. The Morgan fingerprint density at radius 3 is 2.55 bits per heavy atom. The zero-order chi connectivity index (χ0) is 14.9. The minimum Gasteiger partial charge on any atom is -0.379 e. The van der Waals surface area contributed by atoms with Crippen LogP contribution in [0.1, 0.15) is 12.5 Å². The minimum absolute atomic E-state index is 0.0291. The van der Waals surface area contributed by atoms with E-state index in [0.717, 1.165) is 5.56 Å². The van der Waals surface area contributed by atoms with Crippen LogP contribution in [0.25, 0.3) is 0 Å². The first kappa shape index (κ1) is 15.6. The lowest BCUT2D eigenvalue weighted by molar-refractivity contribution is -0.140. The van der Waals surface area contributed by atoms with Gasteiger partial charge in [-0.3, -0.25) is 4.79 Å². The third-order valence-electron chi connectivity index (χ3n) is 3.70. The molecule has 0 spiro atoms. The summed E-state index contributed by atoms with van der Waals surface area (Å²) in [4.78, 5) is 14.2. The Balaban J connectivity index is 2.11. The number of halogens is 2. The predicted octanol–water partition coefficient (Wildman–Crippen LogP) is 2.32. The molecule has 1 saturated heterocycles. The van der Waals surface area contributed by atoms with Crippen molar-refractivity contribution in [2.45, 2.75) is 19.5 Å². The molecule has 0 saturated carbocycles. The van der Waals surface area contributed by atoms with E-state index in [1.165, 1.54) is 0 Å². The van der Waals surface area contributed by atoms with Gasteiger partial charge in [0, 0.05) is 29.7 Å². The molecule has 20 heavy (non-hydrogen) atoms. The second-order valence-electron chi connectivity index (χ2n) is 5.48. The summed E-state index contributed by atoms with van der Waals surface area (Å²) in [7, 11) is 1.74. The molecule has 2 atom stereocenters. The fourth-order valence-corrected chi connectivity index (χ4v) is 2.96. The van der Waals surface area contributed by atoms with E-state index < -0.39 is 5.41 Å². The monoisotopic (exact) mass is 316 g/mol. The van der Waals surface area contributed by atoms with Crippen LogP contribution in [0.4, 0.5) is 0 Å². The second kappa shape index (κ2) is 5.90. The molecule has 0 aromatic heterocycles. The molecule has 1 heterocycles.